The molecule has 4 nitrogen and oxygen atoms in total. The van der Waals surface area contributed by atoms with E-state index in [9.17, 15) is 9.59 Å². The summed E-state index contributed by atoms with van der Waals surface area (Å²) >= 11 is 0. The van der Waals surface area contributed by atoms with Crippen molar-refractivity contribution in [2.45, 2.75) is 39.7 Å². The number of carbonyl (C=O) groups excluding carboxylic acids is 2. The Morgan fingerprint density at radius 1 is 1.29 bits per heavy atom. The van der Waals surface area contributed by atoms with Crippen molar-refractivity contribution in [3.05, 3.63) is 0 Å². The van der Waals surface area contributed by atoms with Gasteiger partial charge in [0, 0.05) is 6.92 Å². The predicted molar refractivity (Wildman–Crippen MR) is 53.7 cm³/mol. The van der Waals surface area contributed by atoms with E-state index < -0.39 is 6.04 Å². The van der Waals surface area contributed by atoms with E-state index in [1.807, 2.05) is 13.8 Å². The largest absolute Gasteiger partial charge is 0.467 e. The topological polar surface area (TPSA) is 55.4 Å². The number of nitrogens with one attached hydrogen (secondary N) is 1. The molecule has 0 fully saturated rings. The van der Waals surface area contributed by atoms with E-state index in [1.165, 1.54) is 14.0 Å². The van der Waals surface area contributed by atoms with Gasteiger partial charge in [-0.3, -0.25) is 4.79 Å². The summed E-state index contributed by atoms with van der Waals surface area (Å²) < 4.78 is 4.64. The van der Waals surface area contributed by atoms with Gasteiger partial charge in [0.15, 0.2) is 0 Å². The molecule has 0 saturated carbocycles. The van der Waals surface area contributed by atoms with Crippen molar-refractivity contribution in [3.63, 3.8) is 0 Å². The van der Waals surface area contributed by atoms with Crippen LogP contribution in [0.2, 0.25) is 0 Å². The van der Waals surface area contributed by atoms with Gasteiger partial charge in [0.2, 0.25) is 5.91 Å². The monoisotopic (exact) mass is 201 g/mol. The molecule has 0 rings (SSSR count). The first-order valence-electron chi connectivity index (χ1n) is 4.91. The van der Waals surface area contributed by atoms with Gasteiger partial charge in [-0.25, -0.2) is 4.79 Å². The van der Waals surface area contributed by atoms with E-state index in [0.717, 1.165) is 12.8 Å². The Balaban J connectivity index is 4.51. The molecule has 1 amide bonds. The van der Waals surface area contributed by atoms with E-state index in [1.54, 1.807) is 0 Å². The molecular formula is C10H19NO3. The van der Waals surface area contributed by atoms with Gasteiger partial charge in [-0.1, -0.05) is 26.7 Å². The molecule has 14 heavy (non-hydrogen) atoms. The molecular weight excluding hydrogens is 182 g/mol. The number of methoxy groups -OCH3 is 1. The number of carbonyl (C=O) groups is 2. The molecule has 0 aliphatic carbocycles. The number of rotatable bonds is 5. The minimum absolute atomic E-state index is 0.145. The van der Waals surface area contributed by atoms with E-state index in [0.29, 0.717) is 0 Å². The number of esters is 1. The normalized spacial score (nSPS) is 12.4. The summed E-state index contributed by atoms with van der Waals surface area (Å²) in [5.74, 6) is -0.424. The van der Waals surface area contributed by atoms with Crippen LogP contribution in [0.5, 0.6) is 0 Å². The predicted octanol–water partition coefficient (Wildman–Crippen LogP) is 1.10. The van der Waals surface area contributed by atoms with Crippen LogP contribution in [0.15, 0.2) is 0 Å². The molecule has 4 heteroatoms. The molecule has 0 aliphatic rings. The molecule has 0 bridgehead atoms. The van der Waals surface area contributed by atoms with E-state index >= 15 is 0 Å². The molecule has 0 aromatic carbocycles. The van der Waals surface area contributed by atoms with Crippen molar-refractivity contribution in [3.8, 4) is 0 Å². The lowest BCUT2D eigenvalue weighted by Gasteiger charge is -2.23. The third-order valence-electron chi connectivity index (χ3n) is 2.33. The first kappa shape index (κ1) is 12.9. The van der Waals surface area contributed by atoms with Gasteiger partial charge in [0.1, 0.15) is 6.04 Å². The Hall–Kier alpha value is -1.06. The molecule has 0 aromatic heterocycles. The smallest absolute Gasteiger partial charge is 0.328 e. The molecule has 82 valence electrons. The summed E-state index contributed by atoms with van der Waals surface area (Å²) in [7, 11) is 1.33. The highest BCUT2D eigenvalue weighted by Crippen LogP contribution is 2.14. The summed E-state index contributed by atoms with van der Waals surface area (Å²) in [6.45, 7) is 5.39. The van der Waals surface area contributed by atoms with Crippen LogP contribution >= 0.6 is 0 Å². The summed E-state index contributed by atoms with van der Waals surface area (Å²) in [5.41, 5.74) is 0. The molecule has 1 N–H and O–H groups in total. The first-order chi connectivity index (χ1) is 6.56. The minimum Gasteiger partial charge on any atom is -0.467 e. The zero-order chi connectivity index (χ0) is 11.1. The van der Waals surface area contributed by atoms with Gasteiger partial charge in [-0.2, -0.15) is 0 Å². The molecule has 0 saturated heterocycles. The number of ether oxygens (including phenoxy) is 1. The summed E-state index contributed by atoms with van der Waals surface area (Å²) in [6.07, 6.45) is 1.69. The number of hydrogen-bond acceptors (Lipinski definition) is 3. The average molecular weight is 201 g/mol. The highest BCUT2D eigenvalue weighted by Gasteiger charge is 2.27. The SMILES string of the molecule is CCC(CC)C(NC(C)=O)C(=O)OC. The fourth-order valence-electron chi connectivity index (χ4n) is 1.48. The van der Waals surface area contributed by atoms with Crippen LogP contribution in [0.3, 0.4) is 0 Å². The van der Waals surface area contributed by atoms with Crippen LogP contribution in [-0.4, -0.2) is 25.0 Å². The van der Waals surface area contributed by atoms with Gasteiger partial charge in [-0.05, 0) is 5.92 Å². The van der Waals surface area contributed by atoms with Crippen molar-refractivity contribution >= 4 is 11.9 Å². The molecule has 0 aromatic rings. The van der Waals surface area contributed by atoms with Crippen molar-refractivity contribution in [1.29, 1.82) is 0 Å². The fourth-order valence-corrected chi connectivity index (χ4v) is 1.48. The third-order valence-corrected chi connectivity index (χ3v) is 2.33. The summed E-state index contributed by atoms with van der Waals surface area (Å²) in [5, 5.41) is 2.62. The molecule has 1 unspecified atom stereocenters. The lowest BCUT2D eigenvalue weighted by atomic mass is 9.94. The fraction of sp³-hybridized carbons (Fsp3) is 0.800. The Bertz CT molecular complexity index is 200. The third kappa shape index (κ3) is 3.77. The van der Waals surface area contributed by atoms with Crippen LogP contribution < -0.4 is 5.32 Å². The maximum Gasteiger partial charge on any atom is 0.328 e. The van der Waals surface area contributed by atoms with Crippen LogP contribution in [0.25, 0.3) is 0 Å². The van der Waals surface area contributed by atoms with Gasteiger partial charge >= 0.3 is 5.97 Å². The van der Waals surface area contributed by atoms with Gasteiger partial charge in [0.25, 0.3) is 0 Å². The Morgan fingerprint density at radius 3 is 2.07 bits per heavy atom. The Labute approximate surface area is 85.0 Å². The molecule has 0 heterocycles. The zero-order valence-electron chi connectivity index (χ0n) is 9.29. The van der Waals surface area contributed by atoms with Crippen molar-refractivity contribution in [2.75, 3.05) is 7.11 Å². The maximum atomic E-state index is 11.4. The highest BCUT2D eigenvalue weighted by atomic mass is 16.5. The van der Waals surface area contributed by atoms with Crippen LogP contribution in [-0.2, 0) is 14.3 Å². The lowest BCUT2D eigenvalue weighted by molar-refractivity contribution is -0.146. The van der Waals surface area contributed by atoms with Crippen molar-refractivity contribution in [1.82, 2.24) is 5.32 Å². The van der Waals surface area contributed by atoms with Gasteiger partial charge < -0.3 is 10.1 Å². The van der Waals surface area contributed by atoms with Crippen LogP contribution in [0, 0.1) is 5.92 Å². The van der Waals surface area contributed by atoms with Crippen molar-refractivity contribution in [2.24, 2.45) is 5.92 Å². The Morgan fingerprint density at radius 2 is 1.79 bits per heavy atom. The summed E-state index contributed by atoms with van der Waals surface area (Å²) in [6, 6.07) is -0.507. The quantitative estimate of drug-likeness (QED) is 0.678. The molecule has 0 aliphatic heterocycles. The first-order valence-corrected chi connectivity index (χ1v) is 4.91. The lowest BCUT2D eigenvalue weighted by Crippen LogP contribution is -2.45. The summed E-state index contributed by atoms with van der Waals surface area (Å²) in [4.78, 5) is 22.3. The minimum atomic E-state index is -0.507. The second-order valence-electron chi connectivity index (χ2n) is 3.28. The van der Waals surface area contributed by atoms with Crippen LogP contribution in [0.4, 0.5) is 0 Å². The molecule has 0 spiro atoms. The Kier molecular flexibility index (Phi) is 5.92. The van der Waals surface area contributed by atoms with Gasteiger partial charge in [-0.15, -0.1) is 0 Å². The number of hydrogen-bond donors (Lipinski definition) is 1. The van der Waals surface area contributed by atoms with E-state index in [-0.39, 0.29) is 17.8 Å². The van der Waals surface area contributed by atoms with E-state index in [2.05, 4.69) is 10.1 Å². The highest BCUT2D eigenvalue weighted by molar-refractivity contribution is 5.83. The zero-order valence-corrected chi connectivity index (χ0v) is 9.29. The number of amides is 1. The average Bonchev–Trinajstić information content (AvgIpc) is 2.16. The second-order valence-corrected chi connectivity index (χ2v) is 3.28. The molecule has 0 radical (unpaired) electrons. The van der Waals surface area contributed by atoms with E-state index in [4.69, 9.17) is 0 Å². The van der Waals surface area contributed by atoms with Gasteiger partial charge in [0.05, 0.1) is 7.11 Å². The second kappa shape index (κ2) is 6.40. The van der Waals surface area contributed by atoms with Crippen LogP contribution in [0.1, 0.15) is 33.6 Å². The standard InChI is InChI=1S/C10H19NO3/c1-5-8(6-2)9(10(13)14-4)11-7(3)12/h8-9H,5-6H2,1-4H3,(H,11,12). The van der Waals surface area contributed by atoms with Crippen molar-refractivity contribution < 1.29 is 14.3 Å². The maximum absolute atomic E-state index is 11.4. The molecule has 1 atom stereocenters.